The summed E-state index contributed by atoms with van der Waals surface area (Å²) in [6, 6.07) is 4.03. The second-order valence-electron chi connectivity index (χ2n) is 4.37. The predicted octanol–water partition coefficient (Wildman–Crippen LogP) is 2.84. The van der Waals surface area contributed by atoms with E-state index < -0.39 is 6.29 Å². The Morgan fingerprint density at radius 3 is 2.76 bits per heavy atom. The summed E-state index contributed by atoms with van der Waals surface area (Å²) in [6.07, 6.45) is 1.65. The highest BCUT2D eigenvalue weighted by molar-refractivity contribution is 9.10. The minimum atomic E-state index is -0.411. The zero-order chi connectivity index (χ0) is 12.5. The van der Waals surface area contributed by atoms with E-state index >= 15 is 0 Å². The number of anilines is 1. The topological polar surface area (TPSA) is 43.4 Å². The molecule has 0 fully saturated rings. The summed E-state index contributed by atoms with van der Waals surface area (Å²) < 4.78 is 10.3. The lowest BCUT2D eigenvalue weighted by Gasteiger charge is -2.31. The molecule has 0 spiro atoms. The van der Waals surface area contributed by atoms with Gasteiger partial charge in [-0.25, -0.2) is 4.98 Å². The highest BCUT2D eigenvalue weighted by atomic mass is 79.9. The Labute approximate surface area is 110 Å². The van der Waals surface area contributed by atoms with E-state index in [4.69, 9.17) is 9.47 Å². The number of aromatic nitrogens is 1. The van der Waals surface area contributed by atoms with E-state index in [9.17, 15) is 0 Å². The van der Waals surface area contributed by atoms with E-state index in [0.717, 1.165) is 24.4 Å². The number of halogens is 1. The number of ether oxygens (including phenoxy) is 2. The average molecular weight is 301 g/mol. The third kappa shape index (κ3) is 2.78. The first-order valence-corrected chi connectivity index (χ1v) is 6.37. The maximum atomic E-state index is 5.20. The molecule has 5 heteroatoms. The van der Waals surface area contributed by atoms with Gasteiger partial charge in [-0.2, -0.15) is 0 Å². The van der Waals surface area contributed by atoms with Gasteiger partial charge in [-0.1, -0.05) is 22.0 Å². The molecule has 17 heavy (non-hydrogen) atoms. The van der Waals surface area contributed by atoms with Gasteiger partial charge in [-0.15, -0.1) is 0 Å². The third-order valence-corrected chi connectivity index (χ3v) is 3.51. The van der Waals surface area contributed by atoms with Crippen LogP contribution in [0.15, 0.2) is 12.1 Å². The van der Waals surface area contributed by atoms with Gasteiger partial charge >= 0.3 is 0 Å². The molecule has 0 aromatic carbocycles. The van der Waals surface area contributed by atoms with Crippen molar-refractivity contribution >= 4 is 21.7 Å². The summed E-state index contributed by atoms with van der Waals surface area (Å²) in [5.74, 6) is 0.909. The Kier molecular flexibility index (Phi) is 3.70. The van der Waals surface area contributed by atoms with E-state index in [1.165, 1.54) is 5.56 Å². The summed E-state index contributed by atoms with van der Waals surface area (Å²) >= 11 is 3.64. The second kappa shape index (κ2) is 4.92. The number of nitrogens with zero attached hydrogens (tertiary/aromatic N) is 1. The number of methoxy groups -OCH3 is 2. The normalized spacial score (nSPS) is 23.4. The molecule has 0 saturated carbocycles. The molecule has 2 heterocycles. The van der Waals surface area contributed by atoms with Gasteiger partial charge < -0.3 is 14.8 Å². The number of hydrogen-bond donors (Lipinski definition) is 1. The quantitative estimate of drug-likeness (QED) is 0.530. The fraction of sp³-hybridized carbons (Fsp3) is 0.583. The summed E-state index contributed by atoms with van der Waals surface area (Å²) in [5, 5.41) is 3.37. The van der Waals surface area contributed by atoms with Crippen molar-refractivity contribution in [3.63, 3.8) is 0 Å². The molecule has 1 N–H and O–H groups in total. The fourth-order valence-electron chi connectivity index (χ4n) is 1.96. The Balaban J connectivity index is 2.30. The number of fused-ring (bicyclic) bond motifs is 1. The summed E-state index contributed by atoms with van der Waals surface area (Å²) in [7, 11) is 3.22. The highest BCUT2D eigenvalue weighted by Crippen LogP contribution is 2.34. The van der Waals surface area contributed by atoms with Crippen LogP contribution in [0, 0.1) is 0 Å². The standard InChI is InChI=1S/C12H17BrN2O2/c1-12(13)7-6-8-4-5-9(11(16-2)17-3)14-10(8)15-12/h4-5,11H,6-7H2,1-3H3,(H,14,15). The first-order valence-electron chi connectivity index (χ1n) is 5.58. The van der Waals surface area contributed by atoms with Crippen LogP contribution in [0.2, 0.25) is 0 Å². The molecular weight excluding hydrogens is 284 g/mol. The van der Waals surface area contributed by atoms with Crippen molar-refractivity contribution in [1.29, 1.82) is 0 Å². The number of hydrogen-bond acceptors (Lipinski definition) is 4. The van der Waals surface area contributed by atoms with Crippen molar-refractivity contribution in [3.8, 4) is 0 Å². The smallest absolute Gasteiger partial charge is 0.200 e. The van der Waals surface area contributed by atoms with Crippen LogP contribution in [0.25, 0.3) is 0 Å². The molecule has 0 aliphatic carbocycles. The molecule has 1 aliphatic heterocycles. The highest BCUT2D eigenvalue weighted by Gasteiger charge is 2.27. The third-order valence-electron chi connectivity index (χ3n) is 2.91. The van der Waals surface area contributed by atoms with Gasteiger partial charge in [-0.3, -0.25) is 0 Å². The lowest BCUT2D eigenvalue weighted by Crippen LogP contribution is -2.33. The van der Waals surface area contributed by atoms with Crippen LogP contribution in [-0.2, 0) is 15.9 Å². The molecule has 0 bridgehead atoms. The first-order chi connectivity index (χ1) is 8.05. The van der Waals surface area contributed by atoms with Crippen molar-refractivity contribution < 1.29 is 9.47 Å². The fourth-order valence-corrected chi connectivity index (χ4v) is 2.35. The Bertz CT molecular complexity index is 405. The maximum Gasteiger partial charge on any atom is 0.200 e. The summed E-state index contributed by atoms with van der Waals surface area (Å²) in [6.45, 7) is 2.11. The van der Waals surface area contributed by atoms with E-state index in [0.29, 0.717) is 0 Å². The molecule has 1 aliphatic rings. The van der Waals surface area contributed by atoms with Crippen molar-refractivity contribution in [3.05, 3.63) is 23.4 Å². The van der Waals surface area contributed by atoms with Crippen molar-refractivity contribution in [2.75, 3.05) is 19.5 Å². The van der Waals surface area contributed by atoms with Crippen molar-refractivity contribution in [2.24, 2.45) is 0 Å². The molecule has 1 unspecified atom stereocenters. The van der Waals surface area contributed by atoms with Gasteiger partial charge in [0.15, 0.2) is 0 Å². The van der Waals surface area contributed by atoms with Crippen LogP contribution < -0.4 is 5.32 Å². The first kappa shape index (κ1) is 12.8. The number of pyridine rings is 1. The molecule has 2 rings (SSSR count). The maximum absolute atomic E-state index is 5.20. The lowest BCUT2D eigenvalue weighted by atomic mass is 10.0. The Morgan fingerprint density at radius 2 is 2.12 bits per heavy atom. The monoisotopic (exact) mass is 300 g/mol. The van der Waals surface area contributed by atoms with E-state index in [-0.39, 0.29) is 4.45 Å². The van der Waals surface area contributed by atoms with Crippen LogP contribution in [0.3, 0.4) is 0 Å². The largest absolute Gasteiger partial charge is 0.355 e. The number of aryl methyl sites for hydroxylation is 1. The average Bonchev–Trinajstić information content (AvgIpc) is 2.29. The lowest BCUT2D eigenvalue weighted by molar-refractivity contribution is -0.108. The number of nitrogens with one attached hydrogen (secondary N) is 1. The Morgan fingerprint density at radius 1 is 1.41 bits per heavy atom. The zero-order valence-corrected chi connectivity index (χ0v) is 11.9. The van der Waals surface area contributed by atoms with E-state index in [2.05, 4.69) is 39.2 Å². The molecule has 1 aromatic heterocycles. The molecule has 94 valence electrons. The van der Waals surface area contributed by atoms with Crippen LogP contribution in [-0.4, -0.2) is 23.7 Å². The van der Waals surface area contributed by atoms with Gasteiger partial charge in [0.25, 0.3) is 0 Å². The van der Waals surface area contributed by atoms with Crippen LogP contribution in [0.1, 0.15) is 30.9 Å². The van der Waals surface area contributed by atoms with Gasteiger partial charge in [0.05, 0.1) is 10.1 Å². The van der Waals surface area contributed by atoms with Crippen LogP contribution in [0.5, 0.6) is 0 Å². The van der Waals surface area contributed by atoms with Crippen molar-refractivity contribution in [2.45, 2.75) is 30.5 Å². The molecule has 1 aromatic rings. The number of rotatable bonds is 3. The molecular formula is C12H17BrN2O2. The molecule has 0 radical (unpaired) electrons. The second-order valence-corrected chi connectivity index (χ2v) is 6.12. The van der Waals surface area contributed by atoms with Gasteiger partial charge in [-0.05, 0) is 31.4 Å². The molecule has 0 saturated heterocycles. The summed E-state index contributed by atoms with van der Waals surface area (Å²) in [4.78, 5) is 4.56. The molecule has 1 atom stereocenters. The zero-order valence-electron chi connectivity index (χ0n) is 10.3. The van der Waals surface area contributed by atoms with Crippen molar-refractivity contribution in [1.82, 2.24) is 4.98 Å². The molecule has 4 nitrogen and oxygen atoms in total. The van der Waals surface area contributed by atoms with E-state index in [1.54, 1.807) is 14.2 Å². The van der Waals surface area contributed by atoms with Crippen LogP contribution >= 0.6 is 15.9 Å². The summed E-state index contributed by atoms with van der Waals surface area (Å²) in [5.41, 5.74) is 2.02. The van der Waals surface area contributed by atoms with Crippen LogP contribution in [0.4, 0.5) is 5.82 Å². The minimum Gasteiger partial charge on any atom is -0.355 e. The van der Waals surface area contributed by atoms with Gasteiger partial charge in [0.1, 0.15) is 5.82 Å². The van der Waals surface area contributed by atoms with Gasteiger partial charge in [0.2, 0.25) is 6.29 Å². The molecule has 0 amide bonds. The van der Waals surface area contributed by atoms with E-state index in [1.807, 2.05) is 6.07 Å². The Hall–Kier alpha value is -0.650. The predicted molar refractivity (Wildman–Crippen MR) is 70.3 cm³/mol. The number of alkyl halides is 1. The van der Waals surface area contributed by atoms with Gasteiger partial charge in [0, 0.05) is 14.2 Å². The minimum absolute atomic E-state index is 0.0821. The SMILES string of the molecule is COC(OC)c1ccc2c(n1)NC(C)(Br)CC2.